The first kappa shape index (κ1) is 18.9. The fourth-order valence-corrected chi connectivity index (χ4v) is 3.88. The normalized spacial score (nSPS) is 18.7. The van der Waals surface area contributed by atoms with Crippen LogP contribution in [0.1, 0.15) is 36.5 Å². The van der Waals surface area contributed by atoms with Crippen LogP contribution in [0.5, 0.6) is 0 Å². The molecule has 0 aliphatic heterocycles. The summed E-state index contributed by atoms with van der Waals surface area (Å²) < 4.78 is 1.88. The molecule has 2 atom stereocenters. The van der Waals surface area contributed by atoms with E-state index in [0.717, 1.165) is 35.9 Å². The molecule has 8 nitrogen and oxygen atoms in total. The van der Waals surface area contributed by atoms with Gasteiger partial charge in [0, 0.05) is 37.7 Å². The average Bonchev–Trinajstić information content (AvgIpc) is 3.38. The number of carbonyl (C=O) groups is 3. The predicted molar refractivity (Wildman–Crippen MR) is 109 cm³/mol. The summed E-state index contributed by atoms with van der Waals surface area (Å²) in [5.74, 6) is 0.419. The van der Waals surface area contributed by atoms with Crippen LogP contribution in [0.2, 0.25) is 0 Å². The van der Waals surface area contributed by atoms with E-state index in [0.29, 0.717) is 23.5 Å². The minimum Gasteiger partial charge on any atom is -0.349 e. The van der Waals surface area contributed by atoms with Crippen LogP contribution in [0.15, 0.2) is 30.5 Å². The number of anilines is 1. The number of aldehydes is 1. The van der Waals surface area contributed by atoms with Gasteiger partial charge in [-0.25, -0.2) is 4.98 Å². The van der Waals surface area contributed by atoms with Crippen molar-refractivity contribution in [3.8, 4) is 11.5 Å². The van der Waals surface area contributed by atoms with Crippen LogP contribution in [-0.4, -0.2) is 38.7 Å². The Bertz CT molecular complexity index is 1100. The lowest BCUT2D eigenvalue weighted by molar-refractivity contribution is -0.114. The fraction of sp³-hybridized carbons (Fsp3) is 0.333. The summed E-state index contributed by atoms with van der Waals surface area (Å²) in [5.41, 5.74) is 3.57. The first-order valence-corrected chi connectivity index (χ1v) is 9.63. The SMILES string of the molecule is CC(=O)Nc1cc(-c2nc3ccc(C(=O)NC4CCC(C=O)C4)cc3[nH]2)n(C)c1. The molecule has 2 unspecified atom stereocenters. The Morgan fingerprint density at radius 3 is 2.83 bits per heavy atom. The predicted octanol–water partition coefficient (Wildman–Crippen LogP) is 2.62. The maximum Gasteiger partial charge on any atom is 0.251 e. The minimum atomic E-state index is -0.147. The molecule has 2 heterocycles. The van der Waals surface area contributed by atoms with E-state index < -0.39 is 0 Å². The molecule has 29 heavy (non-hydrogen) atoms. The van der Waals surface area contributed by atoms with Gasteiger partial charge in [-0.1, -0.05) is 0 Å². The number of hydrogen-bond donors (Lipinski definition) is 3. The van der Waals surface area contributed by atoms with Gasteiger partial charge in [-0.2, -0.15) is 0 Å². The number of amides is 2. The summed E-state index contributed by atoms with van der Waals surface area (Å²) in [5, 5.41) is 5.78. The summed E-state index contributed by atoms with van der Waals surface area (Å²) >= 11 is 0. The molecule has 1 aliphatic carbocycles. The van der Waals surface area contributed by atoms with Gasteiger partial charge >= 0.3 is 0 Å². The molecule has 0 saturated heterocycles. The summed E-state index contributed by atoms with van der Waals surface area (Å²) in [6.07, 6.45) is 5.16. The summed E-state index contributed by atoms with van der Waals surface area (Å²) in [6, 6.07) is 7.23. The molecule has 3 aromatic rings. The van der Waals surface area contributed by atoms with Gasteiger partial charge in [-0.3, -0.25) is 9.59 Å². The molecule has 1 aromatic carbocycles. The second-order valence-corrected chi connectivity index (χ2v) is 7.60. The molecule has 0 radical (unpaired) electrons. The molecule has 1 saturated carbocycles. The molecular weight excluding hydrogens is 370 g/mol. The van der Waals surface area contributed by atoms with E-state index in [9.17, 15) is 14.4 Å². The second-order valence-electron chi connectivity index (χ2n) is 7.60. The largest absolute Gasteiger partial charge is 0.349 e. The van der Waals surface area contributed by atoms with Crippen molar-refractivity contribution < 1.29 is 14.4 Å². The zero-order valence-corrected chi connectivity index (χ0v) is 16.4. The maximum absolute atomic E-state index is 12.6. The molecule has 0 spiro atoms. The van der Waals surface area contributed by atoms with Gasteiger partial charge < -0.3 is 25.0 Å². The lowest BCUT2D eigenvalue weighted by Gasteiger charge is -2.12. The Hall–Kier alpha value is -3.42. The third-order valence-corrected chi connectivity index (χ3v) is 5.31. The van der Waals surface area contributed by atoms with Gasteiger partial charge in [0.05, 0.1) is 22.4 Å². The monoisotopic (exact) mass is 393 g/mol. The molecule has 1 fully saturated rings. The van der Waals surface area contributed by atoms with E-state index in [1.54, 1.807) is 12.1 Å². The van der Waals surface area contributed by atoms with Gasteiger partial charge in [0.15, 0.2) is 5.82 Å². The number of fused-ring (bicyclic) bond motifs is 1. The van der Waals surface area contributed by atoms with E-state index in [-0.39, 0.29) is 23.8 Å². The molecule has 8 heteroatoms. The molecule has 0 bridgehead atoms. The molecule has 150 valence electrons. The van der Waals surface area contributed by atoms with Crippen LogP contribution in [0.4, 0.5) is 5.69 Å². The van der Waals surface area contributed by atoms with Gasteiger partial charge in [0.1, 0.15) is 6.29 Å². The first-order chi connectivity index (χ1) is 13.9. The third-order valence-electron chi connectivity index (χ3n) is 5.31. The highest BCUT2D eigenvalue weighted by Gasteiger charge is 2.25. The number of rotatable bonds is 5. The van der Waals surface area contributed by atoms with E-state index in [4.69, 9.17) is 0 Å². The Morgan fingerprint density at radius 2 is 2.10 bits per heavy atom. The number of nitrogens with one attached hydrogen (secondary N) is 3. The standard InChI is InChI=1S/C21H23N5O3/c1-12(28)22-16-9-19(26(2)10-16)20-24-17-6-4-14(8-18(17)25-20)21(29)23-15-5-3-13(7-15)11-27/h4,6,8-11,13,15H,3,5,7H2,1-2H3,(H,22,28)(H,23,29)(H,24,25). The fourth-order valence-electron chi connectivity index (χ4n) is 3.88. The van der Waals surface area contributed by atoms with E-state index in [2.05, 4.69) is 20.6 Å². The quantitative estimate of drug-likeness (QED) is 0.579. The lowest BCUT2D eigenvalue weighted by Crippen LogP contribution is -2.33. The lowest BCUT2D eigenvalue weighted by atomic mass is 10.1. The van der Waals surface area contributed by atoms with Gasteiger partial charge in [0.2, 0.25) is 5.91 Å². The van der Waals surface area contributed by atoms with Crippen LogP contribution >= 0.6 is 0 Å². The highest BCUT2D eigenvalue weighted by molar-refractivity contribution is 5.98. The van der Waals surface area contributed by atoms with E-state index >= 15 is 0 Å². The van der Waals surface area contributed by atoms with Gasteiger partial charge in [-0.05, 0) is 43.5 Å². The number of carbonyl (C=O) groups excluding carboxylic acids is 3. The highest BCUT2D eigenvalue weighted by Crippen LogP contribution is 2.26. The van der Waals surface area contributed by atoms with Crippen LogP contribution in [0, 0.1) is 5.92 Å². The number of aromatic amines is 1. The summed E-state index contributed by atoms with van der Waals surface area (Å²) in [6.45, 7) is 1.46. The summed E-state index contributed by atoms with van der Waals surface area (Å²) in [4.78, 5) is 42.6. The van der Waals surface area contributed by atoms with Crippen molar-refractivity contribution in [2.45, 2.75) is 32.2 Å². The van der Waals surface area contributed by atoms with Crippen LogP contribution in [0.25, 0.3) is 22.6 Å². The van der Waals surface area contributed by atoms with Gasteiger partial charge in [0.25, 0.3) is 5.91 Å². The van der Waals surface area contributed by atoms with E-state index in [1.165, 1.54) is 6.92 Å². The minimum absolute atomic E-state index is 0.0429. The second kappa shape index (κ2) is 7.54. The average molecular weight is 393 g/mol. The zero-order valence-electron chi connectivity index (χ0n) is 16.4. The first-order valence-electron chi connectivity index (χ1n) is 9.63. The maximum atomic E-state index is 12.6. The molecule has 3 N–H and O–H groups in total. The molecule has 1 aliphatic rings. The number of imidazole rings is 1. The van der Waals surface area contributed by atoms with Crippen molar-refractivity contribution in [2.75, 3.05) is 5.32 Å². The van der Waals surface area contributed by atoms with Crippen LogP contribution in [0.3, 0.4) is 0 Å². The highest BCUT2D eigenvalue weighted by atomic mass is 16.2. The Labute approximate surface area is 167 Å². The Morgan fingerprint density at radius 1 is 1.28 bits per heavy atom. The number of nitrogens with zero attached hydrogens (tertiary/aromatic N) is 2. The third kappa shape index (κ3) is 3.91. The summed E-state index contributed by atoms with van der Waals surface area (Å²) in [7, 11) is 1.88. The Balaban J connectivity index is 1.55. The molecule has 4 rings (SSSR count). The van der Waals surface area contributed by atoms with Crippen molar-refractivity contribution in [3.63, 3.8) is 0 Å². The zero-order chi connectivity index (χ0) is 20.5. The number of benzene rings is 1. The topological polar surface area (TPSA) is 109 Å². The number of hydrogen-bond acceptors (Lipinski definition) is 4. The van der Waals surface area contributed by atoms with Crippen LogP contribution < -0.4 is 10.6 Å². The van der Waals surface area contributed by atoms with Crippen molar-refractivity contribution in [1.29, 1.82) is 0 Å². The van der Waals surface area contributed by atoms with Crippen molar-refractivity contribution in [1.82, 2.24) is 19.9 Å². The van der Waals surface area contributed by atoms with Crippen molar-refractivity contribution in [3.05, 3.63) is 36.0 Å². The number of H-pyrrole nitrogens is 1. The molecule has 2 amide bonds. The molecule has 2 aromatic heterocycles. The number of aromatic nitrogens is 3. The molecular formula is C21H23N5O3. The van der Waals surface area contributed by atoms with Crippen molar-refractivity contribution in [2.24, 2.45) is 13.0 Å². The van der Waals surface area contributed by atoms with E-state index in [1.807, 2.05) is 29.9 Å². The number of aryl methyl sites for hydroxylation is 1. The van der Waals surface area contributed by atoms with Gasteiger partial charge in [-0.15, -0.1) is 0 Å². The smallest absolute Gasteiger partial charge is 0.251 e. The Kier molecular flexibility index (Phi) is 4.92. The van der Waals surface area contributed by atoms with Crippen molar-refractivity contribution >= 4 is 34.8 Å². The van der Waals surface area contributed by atoms with Crippen LogP contribution in [-0.2, 0) is 16.6 Å².